The maximum atomic E-state index is 12.1. The molecule has 3 rings (SSSR count). The quantitative estimate of drug-likeness (QED) is 0.898. The van der Waals surface area contributed by atoms with Crippen LogP contribution < -0.4 is 16.6 Å². The Labute approximate surface area is 127 Å². The standard InChI is InChI=1S/C16H16N4O2/c1-19-14(12(9-17)15(21)20(2)16(19)22)18-13-8-7-10-5-3-4-6-11(10)13/h3-6,13,18H,7-8H2,1-2H3. The van der Waals surface area contributed by atoms with Gasteiger partial charge in [-0.05, 0) is 24.0 Å². The monoisotopic (exact) mass is 296 g/mol. The van der Waals surface area contributed by atoms with Crippen LogP contribution in [0.3, 0.4) is 0 Å². The van der Waals surface area contributed by atoms with Gasteiger partial charge in [0.2, 0.25) is 0 Å². The molecule has 1 atom stereocenters. The molecule has 0 spiro atoms. The van der Waals surface area contributed by atoms with Crippen LogP contribution in [0.2, 0.25) is 0 Å². The van der Waals surface area contributed by atoms with Gasteiger partial charge in [0.15, 0.2) is 5.56 Å². The molecule has 0 fully saturated rings. The molecule has 6 nitrogen and oxygen atoms in total. The average molecular weight is 296 g/mol. The summed E-state index contributed by atoms with van der Waals surface area (Å²) in [5.41, 5.74) is 1.36. The average Bonchev–Trinajstić information content (AvgIpc) is 2.94. The lowest BCUT2D eigenvalue weighted by Gasteiger charge is -2.19. The fourth-order valence-electron chi connectivity index (χ4n) is 2.99. The van der Waals surface area contributed by atoms with Crippen LogP contribution in [-0.2, 0) is 20.5 Å². The Morgan fingerprint density at radius 2 is 1.95 bits per heavy atom. The molecule has 112 valence electrons. The Morgan fingerprint density at radius 1 is 1.23 bits per heavy atom. The fraction of sp³-hybridized carbons (Fsp3) is 0.312. The normalized spacial score (nSPS) is 16.1. The van der Waals surface area contributed by atoms with Crippen molar-refractivity contribution >= 4 is 5.82 Å². The largest absolute Gasteiger partial charge is 0.363 e. The first kappa shape index (κ1) is 14.1. The number of aryl methyl sites for hydroxylation is 1. The van der Waals surface area contributed by atoms with Gasteiger partial charge in [-0.25, -0.2) is 4.79 Å². The number of benzene rings is 1. The minimum absolute atomic E-state index is 0.000932. The van der Waals surface area contributed by atoms with Crippen LogP contribution in [0.5, 0.6) is 0 Å². The van der Waals surface area contributed by atoms with Crippen LogP contribution in [0.15, 0.2) is 33.9 Å². The Hall–Kier alpha value is -2.81. The summed E-state index contributed by atoms with van der Waals surface area (Å²) in [6.45, 7) is 0. The van der Waals surface area contributed by atoms with Crippen molar-refractivity contribution in [1.82, 2.24) is 9.13 Å². The molecule has 0 radical (unpaired) electrons. The van der Waals surface area contributed by atoms with Crippen molar-refractivity contribution in [3.8, 4) is 6.07 Å². The van der Waals surface area contributed by atoms with Gasteiger partial charge in [0.05, 0.1) is 6.04 Å². The van der Waals surface area contributed by atoms with Gasteiger partial charge >= 0.3 is 5.69 Å². The Balaban J connectivity index is 2.10. The lowest BCUT2D eigenvalue weighted by Crippen LogP contribution is -2.40. The molecule has 1 aromatic heterocycles. The van der Waals surface area contributed by atoms with E-state index in [1.165, 1.54) is 17.2 Å². The number of fused-ring (bicyclic) bond motifs is 1. The van der Waals surface area contributed by atoms with Crippen molar-refractivity contribution in [2.75, 3.05) is 5.32 Å². The first-order valence-corrected chi connectivity index (χ1v) is 7.09. The highest BCUT2D eigenvalue weighted by Gasteiger charge is 2.25. The van der Waals surface area contributed by atoms with E-state index in [1.807, 2.05) is 24.3 Å². The zero-order chi connectivity index (χ0) is 15.9. The molecular weight excluding hydrogens is 280 g/mol. The summed E-state index contributed by atoms with van der Waals surface area (Å²) in [7, 11) is 2.94. The van der Waals surface area contributed by atoms with Gasteiger partial charge in [0, 0.05) is 14.1 Å². The Morgan fingerprint density at radius 3 is 2.68 bits per heavy atom. The van der Waals surface area contributed by atoms with Gasteiger partial charge in [-0.15, -0.1) is 0 Å². The fourth-order valence-corrected chi connectivity index (χ4v) is 2.99. The van der Waals surface area contributed by atoms with E-state index in [0.717, 1.165) is 23.0 Å². The number of nitrogens with one attached hydrogen (secondary N) is 1. The lowest BCUT2D eigenvalue weighted by atomic mass is 10.1. The van der Waals surface area contributed by atoms with E-state index in [1.54, 1.807) is 7.05 Å². The van der Waals surface area contributed by atoms with Crippen molar-refractivity contribution < 1.29 is 0 Å². The van der Waals surface area contributed by atoms with E-state index >= 15 is 0 Å². The number of anilines is 1. The third kappa shape index (κ3) is 2.02. The summed E-state index contributed by atoms with van der Waals surface area (Å²) in [6.07, 6.45) is 1.81. The second-order valence-corrected chi connectivity index (χ2v) is 5.48. The van der Waals surface area contributed by atoms with Crippen LogP contribution in [0, 0.1) is 11.3 Å². The van der Waals surface area contributed by atoms with Gasteiger partial charge in [-0.3, -0.25) is 13.9 Å². The second kappa shape index (κ2) is 5.19. The number of aromatic nitrogens is 2. The molecule has 6 heteroatoms. The highest BCUT2D eigenvalue weighted by Crippen LogP contribution is 2.33. The van der Waals surface area contributed by atoms with Gasteiger partial charge in [-0.1, -0.05) is 24.3 Å². The minimum atomic E-state index is -0.570. The summed E-state index contributed by atoms with van der Waals surface area (Å²) >= 11 is 0. The van der Waals surface area contributed by atoms with Gasteiger partial charge < -0.3 is 5.32 Å². The Bertz CT molecular complexity index is 902. The molecule has 0 amide bonds. The molecule has 1 aliphatic rings. The van der Waals surface area contributed by atoms with Crippen molar-refractivity contribution in [2.45, 2.75) is 18.9 Å². The molecule has 0 bridgehead atoms. The molecule has 1 unspecified atom stereocenters. The topological polar surface area (TPSA) is 79.8 Å². The number of hydrogen-bond acceptors (Lipinski definition) is 4. The molecule has 1 aliphatic carbocycles. The lowest BCUT2D eigenvalue weighted by molar-refractivity contribution is 0.668. The molecule has 0 saturated heterocycles. The van der Waals surface area contributed by atoms with Gasteiger partial charge in [0.25, 0.3) is 5.56 Å². The second-order valence-electron chi connectivity index (χ2n) is 5.48. The number of nitriles is 1. The highest BCUT2D eigenvalue weighted by atomic mass is 16.2. The predicted octanol–water partition coefficient (Wildman–Crippen LogP) is 1.06. The predicted molar refractivity (Wildman–Crippen MR) is 82.8 cm³/mol. The number of rotatable bonds is 2. The van der Waals surface area contributed by atoms with Crippen molar-refractivity contribution in [1.29, 1.82) is 5.26 Å². The number of nitrogens with zero attached hydrogens (tertiary/aromatic N) is 3. The summed E-state index contributed by atoms with van der Waals surface area (Å²) < 4.78 is 2.27. The molecule has 0 aliphatic heterocycles. The maximum absolute atomic E-state index is 12.1. The summed E-state index contributed by atoms with van der Waals surface area (Å²) in [4.78, 5) is 24.2. The van der Waals surface area contributed by atoms with Crippen molar-refractivity contribution in [2.24, 2.45) is 14.1 Å². The molecule has 1 heterocycles. The summed E-state index contributed by atoms with van der Waals surface area (Å²) in [6, 6.07) is 9.98. The van der Waals surface area contributed by atoms with Crippen LogP contribution in [0.1, 0.15) is 29.2 Å². The van der Waals surface area contributed by atoms with E-state index in [4.69, 9.17) is 0 Å². The molecule has 2 aromatic rings. The summed E-state index contributed by atoms with van der Waals surface area (Å²) in [5, 5.41) is 12.5. The molecule has 1 aromatic carbocycles. The Kier molecular flexibility index (Phi) is 3.33. The van der Waals surface area contributed by atoms with Crippen LogP contribution >= 0.6 is 0 Å². The zero-order valence-corrected chi connectivity index (χ0v) is 12.5. The van der Waals surface area contributed by atoms with Crippen molar-refractivity contribution in [3.05, 3.63) is 61.8 Å². The first-order chi connectivity index (χ1) is 10.5. The van der Waals surface area contributed by atoms with E-state index < -0.39 is 11.2 Å². The smallest absolute Gasteiger partial charge is 0.332 e. The SMILES string of the molecule is Cn1c(NC2CCc3ccccc32)c(C#N)c(=O)n(C)c1=O. The molecule has 1 N–H and O–H groups in total. The first-order valence-electron chi connectivity index (χ1n) is 7.09. The van der Waals surface area contributed by atoms with Crippen LogP contribution in [0.4, 0.5) is 5.82 Å². The van der Waals surface area contributed by atoms with Crippen LogP contribution in [-0.4, -0.2) is 9.13 Å². The third-order valence-corrected chi connectivity index (χ3v) is 4.22. The minimum Gasteiger partial charge on any atom is -0.363 e. The van der Waals surface area contributed by atoms with E-state index in [0.29, 0.717) is 0 Å². The summed E-state index contributed by atoms with van der Waals surface area (Å²) in [5.74, 6) is 0.289. The van der Waals surface area contributed by atoms with E-state index in [2.05, 4.69) is 11.4 Å². The molecular formula is C16H16N4O2. The van der Waals surface area contributed by atoms with Crippen molar-refractivity contribution in [3.63, 3.8) is 0 Å². The third-order valence-electron chi connectivity index (χ3n) is 4.22. The maximum Gasteiger partial charge on any atom is 0.332 e. The van der Waals surface area contributed by atoms with E-state index in [9.17, 15) is 14.9 Å². The molecule has 22 heavy (non-hydrogen) atoms. The van der Waals surface area contributed by atoms with E-state index in [-0.39, 0.29) is 17.4 Å². The van der Waals surface area contributed by atoms with Gasteiger partial charge in [-0.2, -0.15) is 5.26 Å². The highest BCUT2D eigenvalue weighted by molar-refractivity contribution is 5.53. The zero-order valence-electron chi connectivity index (χ0n) is 12.5. The number of hydrogen-bond donors (Lipinski definition) is 1. The van der Waals surface area contributed by atoms with Gasteiger partial charge in [0.1, 0.15) is 11.9 Å². The molecule has 0 saturated carbocycles. The van der Waals surface area contributed by atoms with Crippen LogP contribution in [0.25, 0.3) is 0 Å².